The Morgan fingerprint density at radius 1 is 1.32 bits per heavy atom. The Bertz CT molecular complexity index is 520. The maximum Gasteiger partial charge on any atom is 0.213 e. The van der Waals surface area contributed by atoms with Crippen molar-refractivity contribution in [1.29, 1.82) is 0 Å². The molecule has 2 N–H and O–H groups in total. The molecule has 0 aliphatic heterocycles. The van der Waals surface area contributed by atoms with Crippen molar-refractivity contribution in [3.8, 4) is 0 Å². The molecule has 0 saturated carbocycles. The van der Waals surface area contributed by atoms with E-state index in [1.165, 1.54) is 0 Å². The lowest BCUT2D eigenvalue weighted by atomic mass is 10.2. The van der Waals surface area contributed by atoms with Crippen LogP contribution in [-0.2, 0) is 23.6 Å². The summed E-state index contributed by atoms with van der Waals surface area (Å²) in [5, 5.41) is 7.36. The van der Waals surface area contributed by atoms with Gasteiger partial charge in [-0.25, -0.2) is 13.1 Å². The Morgan fingerprint density at radius 3 is 2.42 bits per heavy atom. The molecular weight excluding hydrogens is 264 g/mol. The van der Waals surface area contributed by atoms with Crippen LogP contribution in [0.4, 0.5) is 0 Å². The lowest BCUT2D eigenvalue weighted by Crippen LogP contribution is -2.34. The van der Waals surface area contributed by atoms with E-state index in [-0.39, 0.29) is 11.8 Å². The predicted molar refractivity (Wildman–Crippen MR) is 76.4 cm³/mol. The van der Waals surface area contributed by atoms with Crippen LogP contribution in [-0.4, -0.2) is 36.5 Å². The molecule has 110 valence electrons. The number of hydrogen-bond donors (Lipinski definition) is 2. The standard InChI is InChI=1S/C12H24N4O2S/c1-9(2)13-6-7-19(17,18)14-8-12-10(3)15-16(5)11(12)4/h9,13-14H,6-8H2,1-5H3. The fourth-order valence-electron chi connectivity index (χ4n) is 1.81. The first-order valence-electron chi connectivity index (χ1n) is 6.42. The van der Waals surface area contributed by atoms with Crippen LogP contribution in [0, 0.1) is 13.8 Å². The molecule has 0 bridgehead atoms. The highest BCUT2D eigenvalue weighted by Crippen LogP contribution is 2.11. The van der Waals surface area contributed by atoms with Crippen molar-refractivity contribution in [2.75, 3.05) is 12.3 Å². The van der Waals surface area contributed by atoms with Crippen LogP contribution in [0.2, 0.25) is 0 Å². The van der Waals surface area contributed by atoms with Gasteiger partial charge in [0.25, 0.3) is 0 Å². The third kappa shape index (κ3) is 4.93. The Hall–Kier alpha value is -0.920. The van der Waals surface area contributed by atoms with Gasteiger partial charge < -0.3 is 5.32 Å². The first-order chi connectivity index (χ1) is 8.73. The van der Waals surface area contributed by atoms with Crippen LogP contribution in [0.3, 0.4) is 0 Å². The number of hydrogen-bond acceptors (Lipinski definition) is 4. The van der Waals surface area contributed by atoms with Crippen LogP contribution in [0.1, 0.15) is 30.8 Å². The summed E-state index contributed by atoms with van der Waals surface area (Å²) in [6, 6.07) is 0.290. The van der Waals surface area contributed by atoms with Crippen molar-refractivity contribution in [3.05, 3.63) is 17.0 Å². The van der Waals surface area contributed by atoms with E-state index in [1.54, 1.807) is 4.68 Å². The molecule has 0 saturated heterocycles. The van der Waals surface area contributed by atoms with Crippen LogP contribution >= 0.6 is 0 Å². The lowest BCUT2D eigenvalue weighted by molar-refractivity contribution is 0.566. The number of aromatic nitrogens is 2. The lowest BCUT2D eigenvalue weighted by Gasteiger charge is -2.10. The van der Waals surface area contributed by atoms with Gasteiger partial charge in [0.2, 0.25) is 10.0 Å². The van der Waals surface area contributed by atoms with E-state index < -0.39 is 10.0 Å². The normalized spacial score (nSPS) is 12.3. The number of nitrogens with one attached hydrogen (secondary N) is 2. The van der Waals surface area contributed by atoms with Crippen LogP contribution in [0.25, 0.3) is 0 Å². The molecule has 0 atom stereocenters. The Balaban J connectivity index is 2.55. The van der Waals surface area contributed by atoms with E-state index in [2.05, 4.69) is 15.1 Å². The zero-order valence-corrected chi connectivity index (χ0v) is 13.1. The molecule has 6 nitrogen and oxygen atoms in total. The Labute approximate surface area is 115 Å². The van der Waals surface area contributed by atoms with E-state index in [0.717, 1.165) is 17.0 Å². The van der Waals surface area contributed by atoms with Gasteiger partial charge in [-0.3, -0.25) is 4.68 Å². The minimum atomic E-state index is -3.25. The fourth-order valence-corrected chi connectivity index (χ4v) is 2.70. The van der Waals surface area contributed by atoms with Crippen LogP contribution < -0.4 is 10.0 Å². The van der Waals surface area contributed by atoms with Gasteiger partial charge in [-0.05, 0) is 13.8 Å². The van der Waals surface area contributed by atoms with Crippen molar-refractivity contribution < 1.29 is 8.42 Å². The monoisotopic (exact) mass is 288 g/mol. The summed E-state index contributed by atoms with van der Waals surface area (Å²) in [5.74, 6) is 0.0868. The molecule has 1 aromatic rings. The molecule has 1 rings (SSSR count). The van der Waals surface area contributed by atoms with E-state index in [9.17, 15) is 8.42 Å². The first-order valence-corrected chi connectivity index (χ1v) is 8.08. The van der Waals surface area contributed by atoms with Gasteiger partial charge >= 0.3 is 0 Å². The van der Waals surface area contributed by atoms with Gasteiger partial charge in [0, 0.05) is 37.4 Å². The van der Waals surface area contributed by atoms with Crippen molar-refractivity contribution in [2.45, 2.75) is 40.3 Å². The van der Waals surface area contributed by atoms with E-state index in [1.807, 2.05) is 34.7 Å². The van der Waals surface area contributed by atoms with E-state index in [0.29, 0.717) is 13.1 Å². The molecular formula is C12H24N4O2S. The third-order valence-electron chi connectivity index (χ3n) is 3.05. The molecule has 19 heavy (non-hydrogen) atoms. The Kier molecular flexibility index (Phi) is 5.51. The summed E-state index contributed by atoms with van der Waals surface area (Å²) in [5.41, 5.74) is 2.80. The van der Waals surface area contributed by atoms with Gasteiger partial charge in [-0.2, -0.15) is 5.10 Å². The maximum absolute atomic E-state index is 11.8. The molecule has 0 spiro atoms. The van der Waals surface area contributed by atoms with Crippen LogP contribution in [0.15, 0.2) is 0 Å². The van der Waals surface area contributed by atoms with Gasteiger partial charge in [0.1, 0.15) is 0 Å². The summed E-state index contributed by atoms with van der Waals surface area (Å²) < 4.78 is 28.1. The summed E-state index contributed by atoms with van der Waals surface area (Å²) in [4.78, 5) is 0. The fraction of sp³-hybridized carbons (Fsp3) is 0.750. The van der Waals surface area contributed by atoms with Gasteiger partial charge in [0.05, 0.1) is 11.4 Å². The van der Waals surface area contributed by atoms with Crippen molar-refractivity contribution in [1.82, 2.24) is 19.8 Å². The minimum Gasteiger partial charge on any atom is -0.313 e. The highest BCUT2D eigenvalue weighted by Gasteiger charge is 2.14. The third-order valence-corrected chi connectivity index (χ3v) is 4.38. The first kappa shape index (κ1) is 16.1. The van der Waals surface area contributed by atoms with Gasteiger partial charge in [-0.15, -0.1) is 0 Å². The molecule has 0 aromatic carbocycles. The average molecular weight is 288 g/mol. The second-order valence-electron chi connectivity index (χ2n) is 5.02. The zero-order chi connectivity index (χ0) is 14.6. The molecule has 0 aliphatic rings. The summed E-state index contributed by atoms with van der Waals surface area (Å²) in [6.07, 6.45) is 0. The van der Waals surface area contributed by atoms with E-state index >= 15 is 0 Å². The summed E-state index contributed by atoms with van der Waals surface area (Å²) in [6.45, 7) is 8.55. The van der Waals surface area contributed by atoms with Crippen molar-refractivity contribution >= 4 is 10.0 Å². The number of nitrogens with zero attached hydrogens (tertiary/aromatic N) is 2. The minimum absolute atomic E-state index is 0.0868. The van der Waals surface area contributed by atoms with E-state index in [4.69, 9.17) is 0 Å². The highest BCUT2D eigenvalue weighted by molar-refractivity contribution is 7.89. The molecule has 0 radical (unpaired) electrons. The molecule has 1 aromatic heterocycles. The Morgan fingerprint density at radius 2 is 1.95 bits per heavy atom. The SMILES string of the molecule is Cc1nn(C)c(C)c1CNS(=O)(=O)CCNC(C)C. The number of rotatable bonds is 7. The van der Waals surface area contributed by atoms with Crippen LogP contribution in [0.5, 0.6) is 0 Å². The van der Waals surface area contributed by atoms with Crippen molar-refractivity contribution in [2.24, 2.45) is 7.05 Å². The van der Waals surface area contributed by atoms with Crippen molar-refractivity contribution in [3.63, 3.8) is 0 Å². The maximum atomic E-state index is 11.8. The number of sulfonamides is 1. The number of aryl methyl sites for hydroxylation is 2. The molecule has 1 heterocycles. The van der Waals surface area contributed by atoms with Gasteiger partial charge in [-0.1, -0.05) is 13.8 Å². The zero-order valence-electron chi connectivity index (χ0n) is 12.3. The molecule has 0 amide bonds. The second-order valence-corrected chi connectivity index (χ2v) is 6.95. The molecule has 0 fully saturated rings. The second kappa shape index (κ2) is 6.49. The summed E-state index contributed by atoms with van der Waals surface area (Å²) in [7, 11) is -1.40. The summed E-state index contributed by atoms with van der Waals surface area (Å²) >= 11 is 0. The quantitative estimate of drug-likeness (QED) is 0.764. The average Bonchev–Trinajstić information content (AvgIpc) is 2.50. The van der Waals surface area contributed by atoms with Gasteiger partial charge in [0.15, 0.2) is 0 Å². The largest absolute Gasteiger partial charge is 0.313 e. The predicted octanol–water partition coefficient (Wildman–Crippen LogP) is 0.454. The molecule has 0 aliphatic carbocycles. The highest BCUT2D eigenvalue weighted by atomic mass is 32.2. The molecule has 0 unspecified atom stereocenters. The molecule has 7 heteroatoms. The topological polar surface area (TPSA) is 76.0 Å². The smallest absolute Gasteiger partial charge is 0.213 e.